The van der Waals surface area contributed by atoms with Gasteiger partial charge in [0.15, 0.2) is 0 Å². The molecule has 1 saturated heterocycles. The van der Waals surface area contributed by atoms with Crippen LogP contribution in [0.3, 0.4) is 0 Å². The zero-order valence-electron chi connectivity index (χ0n) is 7.64. The summed E-state index contributed by atoms with van der Waals surface area (Å²) in [4.78, 5) is 11.0. The predicted octanol–water partition coefficient (Wildman–Crippen LogP) is 0.734. The predicted molar refractivity (Wildman–Crippen MR) is 47.1 cm³/mol. The summed E-state index contributed by atoms with van der Waals surface area (Å²) in [5.41, 5.74) is 0. The molecule has 1 fully saturated rings. The average molecular weight is 171 g/mol. The Kier molecular flexibility index (Phi) is 4.25. The molecule has 0 amide bonds. The maximum Gasteiger partial charge on any atom is 0.146 e. The van der Waals surface area contributed by atoms with E-state index in [-0.39, 0.29) is 5.78 Å². The molecule has 0 spiro atoms. The Morgan fingerprint density at radius 2 is 2.50 bits per heavy atom. The molecule has 1 aliphatic heterocycles. The van der Waals surface area contributed by atoms with Crippen molar-refractivity contribution in [2.75, 3.05) is 19.8 Å². The van der Waals surface area contributed by atoms with Gasteiger partial charge in [-0.15, -0.1) is 0 Å². The van der Waals surface area contributed by atoms with Crippen LogP contribution in [-0.2, 0) is 9.53 Å². The van der Waals surface area contributed by atoms with E-state index < -0.39 is 0 Å². The lowest BCUT2D eigenvalue weighted by molar-refractivity contribution is -0.118. The van der Waals surface area contributed by atoms with Gasteiger partial charge in [-0.25, -0.2) is 0 Å². The van der Waals surface area contributed by atoms with Crippen LogP contribution in [0.15, 0.2) is 0 Å². The summed E-state index contributed by atoms with van der Waals surface area (Å²) < 4.78 is 5.27. The van der Waals surface area contributed by atoms with Gasteiger partial charge in [0.25, 0.3) is 0 Å². The smallest absolute Gasteiger partial charge is 0.146 e. The van der Waals surface area contributed by atoms with Crippen molar-refractivity contribution < 1.29 is 9.53 Å². The molecule has 0 aromatic carbocycles. The molecule has 12 heavy (non-hydrogen) atoms. The summed E-state index contributed by atoms with van der Waals surface area (Å²) in [6.07, 6.45) is 2.87. The van der Waals surface area contributed by atoms with Gasteiger partial charge in [-0.3, -0.25) is 4.79 Å². The van der Waals surface area contributed by atoms with Crippen LogP contribution < -0.4 is 5.32 Å². The van der Waals surface area contributed by atoms with Gasteiger partial charge in [0, 0.05) is 19.1 Å². The molecule has 0 aromatic heterocycles. The number of rotatable bonds is 4. The number of Topliss-reactive ketones (excluding diaryl/α,β-unsaturated/α-hetero) is 1. The van der Waals surface area contributed by atoms with Crippen LogP contribution in [0.1, 0.15) is 26.2 Å². The largest absolute Gasteiger partial charge is 0.380 e. The molecule has 0 aromatic rings. The van der Waals surface area contributed by atoms with Crippen LogP contribution in [0, 0.1) is 0 Å². The first-order chi connectivity index (χ1) is 5.83. The number of carbonyl (C=O) groups is 1. The van der Waals surface area contributed by atoms with Gasteiger partial charge in [0.1, 0.15) is 5.78 Å². The highest BCUT2D eigenvalue weighted by Gasteiger charge is 2.13. The third-order valence-electron chi connectivity index (χ3n) is 2.14. The molecule has 1 atom stereocenters. The second-order valence-electron chi connectivity index (χ2n) is 3.19. The van der Waals surface area contributed by atoms with Crippen molar-refractivity contribution in [3.63, 3.8) is 0 Å². The summed E-state index contributed by atoms with van der Waals surface area (Å²) >= 11 is 0. The Hall–Kier alpha value is -0.410. The van der Waals surface area contributed by atoms with Crippen molar-refractivity contribution in [2.24, 2.45) is 0 Å². The number of carbonyl (C=O) groups excluding carboxylic acids is 1. The van der Waals surface area contributed by atoms with Crippen LogP contribution >= 0.6 is 0 Å². The lowest BCUT2D eigenvalue weighted by Crippen LogP contribution is -2.39. The fourth-order valence-corrected chi connectivity index (χ4v) is 1.28. The topological polar surface area (TPSA) is 38.3 Å². The summed E-state index contributed by atoms with van der Waals surface area (Å²) in [6, 6.07) is 0.397. The van der Waals surface area contributed by atoms with Crippen molar-refractivity contribution in [1.82, 2.24) is 5.32 Å². The van der Waals surface area contributed by atoms with E-state index in [1.54, 1.807) is 0 Å². The van der Waals surface area contributed by atoms with E-state index in [0.29, 0.717) is 19.0 Å². The summed E-state index contributed by atoms with van der Waals surface area (Å²) in [7, 11) is 0. The van der Waals surface area contributed by atoms with Crippen LogP contribution in [0.4, 0.5) is 0 Å². The van der Waals surface area contributed by atoms with Crippen molar-refractivity contribution >= 4 is 5.78 Å². The molecule has 1 aliphatic rings. The Bertz CT molecular complexity index is 141. The lowest BCUT2D eigenvalue weighted by atomic mass is 10.1. The van der Waals surface area contributed by atoms with E-state index in [1.807, 2.05) is 6.92 Å². The number of ketones is 1. The highest BCUT2D eigenvalue weighted by Crippen LogP contribution is 2.05. The molecule has 0 bridgehead atoms. The maximum atomic E-state index is 11.0. The first-order valence-corrected chi connectivity index (χ1v) is 4.65. The van der Waals surface area contributed by atoms with Gasteiger partial charge in [-0.05, 0) is 12.8 Å². The van der Waals surface area contributed by atoms with Gasteiger partial charge in [0.2, 0.25) is 0 Å². The SMILES string of the molecule is CCC(=O)CNC1CCCOC1. The van der Waals surface area contributed by atoms with Crippen LogP contribution in [0.5, 0.6) is 0 Å². The van der Waals surface area contributed by atoms with Gasteiger partial charge in [-0.2, -0.15) is 0 Å². The molecule has 1 N–H and O–H groups in total. The van der Waals surface area contributed by atoms with E-state index in [2.05, 4.69) is 5.32 Å². The third kappa shape index (κ3) is 3.32. The number of hydrogen-bond acceptors (Lipinski definition) is 3. The molecule has 0 radical (unpaired) electrons. The minimum Gasteiger partial charge on any atom is -0.380 e. The summed E-state index contributed by atoms with van der Waals surface area (Å²) in [6.45, 7) is 4.03. The Morgan fingerprint density at radius 1 is 1.67 bits per heavy atom. The van der Waals surface area contributed by atoms with Crippen molar-refractivity contribution in [3.05, 3.63) is 0 Å². The van der Waals surface area contributed by atoms with Crippen LogP contribution in [-0.4, -0.2) is 31.6 Å². The number of ether oxygens (including phenoxy) is 1. The highest BCUT2D eigenvalue weighted by molar-refractivity contribution is 5.80. The molecular formula is C9H17NO2. The standard InChI is InChI=1S/C9H17NO2/c1-2-9(11)6-10-8-4-3-5-12-7-8/h8,10H,2-7H2,1H3. The molecule has 0 aliphatic carbocycles. The first kappa shape index (κ1) is 9.68. The lowest BCUT2D eigenvalue weighted by Gasteiger charge is -2.22. The van der Waals surface area contributed by atoms with Gasteiger partial charge >= 0.3 is 0 Å². The second-order valence-corrected chi connectivity index (χ2v) is 3.19. The molecule has 0 saturated carbocycles. The van der Waals surface area contributed by atoms with Gasteiger partial charge in [-0.1, -0.05) is 6.92 Å². The highest BCUT2D eigenvalue weighted by atomic mass is 16.5. The molecule has 3 heteroatoms. The van der Waals surface area contributed by atoms with E-state index >= 15 is 0 Å². The quantitative estimate of drug-likeness (QED) is 0.677. The van der Waals surface area contributed by atoms with Crippen molar-refractivity contribution in [3.8, 4) is 0 Å². The Morgan fingerprint density at radius 3 is 3.08 bits per heavy atom. The first-order valence-electron chi connectivity index (χ1n) is 4.65. The number of hydrogen-bond donors (Lipinski definition) is 1. The summed E-state index contributed by atoms with van der Waals surface area (Å²) in [5, 5.41) is 3.20. The molecule has 1 unspecified atom stereocenters. The average Bonchev–Trinajstić information content (AvgIpc) is 2.16. The van der Waals surface area contributed by atoms with Crippen molar-refractivity contribution in [2.45, 2.75) is 32.2 Å². The normalized spacial score (nSPS) is 23.9. The number of nitrogens with one attached hydrogen (secondary N) is 1. The van der Waals surface area contributed by atoms with E-state index in [1.165, 1.54) is 0 Å². The van der Waals surface area contributed by atoms with E-state index in [0.717, 1.165) is 26.1 Å². The molecule has 3 nitrogen and oxygen atoms in total. The maximum absolute atomic E-state index is 11.0. The fraction of sp³-hybridized carbons (Fsp3) is 0.889. The molecule has 70 valence electrons. The zero-order valence-corrected chi connectivity index (χ0v) is 7.64. The second kappa shape index (κ2) is 5.27. The molecule has 1 rings (SSSR count). The molecular weight excluding hydrogens is 154 g/mol. The Labute approximate surface area is 73.5 Å². The van der Waals surface area contributed by atoms with Crippen LogP contribution in [0.25, 0.3) is 0 Å². The van der Waals surface area contributed by atoms with Gasteiger partial charge < -0.3 is 10.1 Å². The van der Waals surface area contributed by atoms with Gasteiger partial charge in [0.05, 0.1) is 13.2 Å². The van der Waals surface area contributed by atoms with Crippen molar-refractivity contribution in [1.29, 1.82) is 0 Å². The minimum absolute atomic E-state index is 0.278. The van der Waals surface area contributed by atoms with E-state index in [4.69, 9.17) is 4.74 Å². The van der Waals surface area contributed by atoms with E-state index in [9.17, 15) is 4.79 Å². The zero-order chi connectivity index (χ0) is 8.81. The summed E-state index contributed by atoms with van der Waals surface area (Å²) in [5.74, 6) is 0.278. The van der Waals surface area contributed by atoms with Crippen LogP contribution in [0.2, 0.25) is 0 Å². The fourth-order valence-electron chi connectivity index (χ4n) is 1.28. The Balaban J connectivity index is 2.09. The third-order valence-corrected chi connectivity index (χ3v) is 2.14. The molecule has 1 heterocycles. The monoisotopic (exact) mass is 171 g/mol. The minimum atomic E-state index is 0.278.